The number of aromatic nitrogens is 2. The first kappa shape index (κ1) is 30.4. The van der Waals surface area contributed by atoms with E-state index in [1.807, 2.05) is 49.4 Å². The second-order valence-electron chi connectivity index (χ2n) is 9.64. The number of likely N-dealkylation sites (N-methyl/N-ethyl adjacent to an activating group) is 1. The van der Waals surface area contributed by atoms with Crippen molar-refractivity contribution >= 4 is 28.0 Å². The minimum atomic E-state index is -4.82. The summed E-state index contributed by atoms with van der Waals surface area (Å²) in [6.45, 7) is 3.44. The second kappa shape index (κ2) is 13.9. The maximum atomic E-state index is 13.3. The lowest BCUT2D eigenvalue weighted by Gasteiger charge is -2.20. The van der Waals surface area contributed by atoms with Crippen molar-refractivity contribution in [3.05, 3.63) is 102 Å². The van der Waals surface area contributed by atoms with E-state index in [1.54, 1.807) is 38.5 Å². The summed E-state index contributed by atoms with van der Waals surface area (Å²) < 4.78 is 50.1. The van der Waals surface area contributed by atoms with E-state index in [-0.39, 0.29) is 11.7 Å². The largest absolute Gasteiger partial charge is 0.573 e. The Morgan fingerprint density at radius 2 is 1.79 bits per heavy atom. The van der Waals surface area contributed by atoms with Gasteiger partial charge in [0.05, 0.1) is 11.7 Å². The molecule has 0 radical (unpaired) electrons. The van der Waals surface area contributed by atoms with E-state index < -0.39 is 6.36 Å². The number of fused-ring (bicyclic) bond motifs is 1. The van der Waals surface area contributed by atoms with Crippen LogP contribution in [0.4, 0.5) is 13.2 Å². The molecule has 0 saturated heterocycles. The maximum Gasteiger partial charge on any atom is 0.573 e. The van der Waals surface area contributed by atoms with Gasteiger partial charge in [-0.3, -0.25) is 9.89 Å². The number of allylic oxidation sites excluding steroid dienone is 1. The molecular weight excluding hydrogens is 545 g/mol. The van der Waals surface area contributed by atoms with Crippen molar-refractivity contribution in [1.82, 2.24) is 20.4 Å². The third-order valence-corrected chi connectivity index (χ3v) is 6.48. The molecule has 0 aliphatic heterocycles. The number of aromatic amines is 1. The summed E-state index contributed by atoms with van der Waals surface area (Å²) in [6, 6.07) is 19.5. The Bertz CT molecular complexity index is 1560. The molecule has 0 unspecified atom stereocenters. The van der Waals surface area contributed by atoms with Crippen molar-refractivity contribution < 1.29 is 27.4 Å². The molecule has 1 heterocycles. The first-order valence-corrected chi connectivity index (χ1v) is 13.5. The predicted molar refractivity (Wildman–Crippen MR) is 158 cm³/mol. The molecule has 42 heavy (non-hydrogen) atoms. The molecule has 0 atom stereocenters. The van der Waals surface area contributed by atoms with E-state index in [1.165, 1.54) is 23.1 Å². The van der Waals surface area contributed by atoms with Crippen LogP contribution in [0.1, 0.15) is 30.0 Å². The number of hydrogen-bond acceptors (Lipinski definition) is 5. The molecule has 0 fully saturated rings. The summed E-state index contributed by atoms with van der Waals surface area (Å²) in [5.74, 6) is 0.327. The molecule has 0 aliphatic rings. The Hall–Kier alpha value is -4.57. The van der Waals surface area contributed by atoms with Gasteiger partial charge in [0, 0.05) is 44.2 Å². The number of nitrogens with zero attached hydrogens (tertiary/aromatic N) is 2. The van der Waals surface area contributed by atoms with E-state index in [0.717, 1.165) is 27.6 Å². The summed E-state index contributed by atoms with van der Waals surface area (Å²) in [6.07, 6.45) is 0.618. The van der Waals surface area contributed by atoms with E-state index in [4.69, 9.17) is 4.74 Å². The maximum absolute atomic E-state index is 13.3. The van der Waals surface area contributed by atoms with Gasteiger partial charge < -0.3 is 19.7 Å². The van der Waals surface area contributed by atoms with Gasteiger partial charge >= 0.3 is 6.36 Å². The summed E-state index contributed by atoms with van der Waals surface area (Å²) in [7, 11) is 3.39. The van der Waals surface area contributed by atoms with Crippen LogP contribution in [-0.4, -0.2) is 61.2 Å². The summed E-state index contributed by atoms with van der Waals surface area (Å²) in [4.78, 5) is 13.1. The first-order valence-electron chi connectivity index (χ1n) is 13.5. The molecule has 220 valence electrons. The highest BCUT2D eigenvalue weighted by Crippen LogP contribution is 2.40. The number of carbonyl (C=O) groups is 1. The lowest BCUT2D eigenvalue weighted by atomic mass is 9.87. The summed E-state index contributed by atoms with van der Waals surface area (Å²) in [5.41, 5.74) is 4.36. The van der Waals surface area contributed by atoms with Crippen LogP contribution < -0.4 is 14.8 Å². The molecule has 3 aromatic carbocycles. The molecule has 4 rings (SSSR count). The first-order chi connectivity index (χ1) is 20.2. The normalized spacial score (nSPS) is 12.4. The Morgan fingerprint density at radius 3 is 2.50 bits per heavy atom. The van der Waals surface area contributed by atoms with E-state index in [9.17, 15) is 18.0 Å². The fraction of sp³-hybridized carbons (Fsp3) is 0.250. The number of rotatable bonds is 12. The topological polar surface area (TPSA) is 79.5 Å². The number of hydrogen-bond donors (Lipinski definition) is 2. The number of carbonyl (C=O) groups excluding carboxylic acids is 1. The summed E-state index contributed by atoms with van der Waals surface area (Å²) >= 11 is 0. The van der Waals surface area contributed by atoms with Gasteiger partial charge in [-0.2, -0.15) is 5.10 Å². The average molecular weight is 579 g/mol. The van der Waals surface area contributed by atoms with E-state index in [0.29, 0.717) is 43.0 Å². The van der Waals surface area contributed by atoms with Crippen molar-refractivity contribution in [2.45, 2.75) is 19.7 Å². The number of para-hydroxylation sites is 1. The van der Waals surface area contributed by atoms with Gasteiger partial charge in [-0.05, 0) is 59.0 Å². The number of nitrogens with one attached hydrogen (secondary N) is 2. The van der Waals surface area contributed by atoms with Gasteiger partial charge in [0.15, 0.2) is 0 Å². The molecule has 10 heteroatoms. The molecule has 4 aromatic rings. The zero-order chi connectivity index (χ0) is 30.1. The Labute approximate surface area is 242 Å². The quantitative estimate of drug-likeness (QED) is 0.115. The molecule has 2 N–H and O–H groups in total. The monoisotopic (exact) mass is 578 g/mol. The average Bonchev–Trinajstić information content (AvgIpc) is 3.43. The fourth-order valence-corrected chi connectivity index (χ4v) is 4.50. The van der Waals surface area contributed by atoms with Crippen molar-refractivity contribution in [1.29, 1.82) is 0 Å². The Balaban J connectivity index is 1.60. The predicted octanol–water partition coefficient (Wildman–Crippen LogP) is 6.44. The lowest BCUT2D eigenvalue weighted by Crippen LogP contribution is -2.22. The SMILES string of the molecule is CC/C(=C(/c1ccc(OCCNC/C=C/C(=O)N(C)C)cc1)c1ccc2[nH]ncc2c1)c1ccccc1OC(F)(F)F. The Morgan fingerprint density at radius 1 is 1.05 bits per heavy atom. The highest BCUT2D eigenvalue weighted by Gasteiger charge is 2.32. The standard InChI is InChI=1S/C32H33F3N4O3/c1-4-26(27-8-5-6-9-29(27)42-32(33,34)35)31(23-13-16-28-24(20-23)21-37-38-28)22-11-14-25(15-12-22)41-19-18-36-17-7-10-30(40)39(2)3/h5-16,20-21,36H,4,17-19H2,1-3H3,(H,37,38)/b10-7+,31-26+. The van der Waals surface area contributed by atoms with Crippen LogP contribution in [0, 0.1) is 0 Å². The molecule has 0 bridgehead atoms. The van der Waals surface area contributed by atoms with Crippen molar-refractivity contribution in [2.24, 2.45) is 0 Å². The fourth-order valence-electron chi connectivity index (χ4n) is 4.50. The van der Waals surface area contributed by atoms with Crippen molar-refractivity contribution in [2.75, 3.05) is 33.8 Å². The van der Waals surface area contributed by atoms with E-state index >= 15 is 0 Å². The highest BCUT2D eigenvalue weighted by molar-refractivity contribution is 6.01. The number of ether oxygens (including phenoxy) is 2. The van der Waals surface area contributed by atoms with Gasteiger partial charge in [0.2, 0.25) is 5.91 Å². The number of H-pyrrole nitrogens is 1. The number of alkyl halides is 3. The van der Waals surface area contributed by atoms with Crippen molar-refractivity contribution in [3.8, 4) is 11.5 Å². The summed E-state index contributed by atoms with van der Waals surface area (Å²) in [5, 5.41) is 11.1. The van der Waals surface area contributed by atoms with E-state index in [2.05, 4.69) is 20.3 Å². The van der Waals surface area contributed by atoms with Gasteiger partial charge in [-0.15, -0.1) is 13.2 Å². The third-order valence-electron chi connectivity index (χ3n) is 6.48. The Kier molecular flexibility index (Phi) is 10.0. The van der Waals surface area contributed by atoms with Crippen LogP contribution in [0.2, 0.25) is 0 Å². The zero-order valence-corrected chi connectivity index (χ0v) is 23.7. The molecule has 7 nitrogen and oxygen atoms in total. The van der Waals surface area contributed by atoms with Gasteiger partial charge in [-0.25, -0.2) is 0 Å². The van der Waals surface area contributed by atoms with Crippen LogP contribution >= 0.6 is 0 Å². The zero-order valence-electron chi connectivity index (χ0n) is 23.7. The minimum absolute atomic E-state index is 0.0751. The number of benzene rings is 3. The van der Waals surface area contributed by atoms with Gasteiger partial charge in [0.1, 0.15) is 18.1 Å². The molecule has 0 saturated carbocycles. The van der Waals surface area contributed by atoms with Crippen LogP contribution in [-0.2, 0) is 4.79 Å². The van der Waals surface area contributed by atoms with Crippen LogP contribution in [0.3, 0.4) is 0 Å². The third kappa shape index (κ3) is 8.01. The van der Waals surface area contributed by atoms with Crippen LogP contribution in [0.25, 0.3) is 22.0 Å². The smallest absolute Gasteiger partial charge is 0.492 e. The second-order valence-corrected chi connectivity index (χ2v) is 9.64. The van der Waals surface area contributed by atoms with Crippen molar-refractivity contribution in [3.63, 3.8) is 0 Å². The molecule has 1 aromatic heterocycles. The molecule has 0 spiro atoms. The molecule has 0 aliphatic carbocycles. The number of amides is 1. The van der Waals surface area contributed by atoms with Gasteiger partial charge in [0.25, 0.3) is 0 Å². The van der Waals surface area contributed by atoms with Crippen LogP contribution in [0.5, 0.6) is 11.5 Å². The molecular formula is C32H33F3N4O3. The lowest BCUT2D eigenvalue weighted by molar-refractivity contribution is -0.274. The minimum Gasteiger partial charge on any atom is -0.492 e. The van der Waals surface area contributed by atoms with Crippen LogP contribution in [0.15, 0.2) is 85.1 Å². The van der Waals surface area contributed by atoms with Gasteiger partial charge in [-0.1, -0.05) is 49.4 Å². The highest BCUT2D eigenvalue weighted by atomic mass is 19.4. The molecule has 1 amide bonds. The number of halogens is 3.